The van der Waals surface area contributed by atoms with Crippen molar-refractivity contribution in [2.24, 2.45) is 0 Å². The van der Waals surface area contributed by atoms with Gasteiger partial charge < -0.3 is 33.7 Å². The maximum Gasteiger partial charge on any atom is 0.331 e. The number of amides is 1. The Morgan fingerprint density at radius 1 is 0.812 bits per heavy atom. The zero-order valence-electron chi connectivity index (χ0n) is 18.7. The van der Waals surface area contributed by atoms with Crippen LogP contribution in [0, 0.1) is 0 Å². The molecule has 32 heavy (non-hydrogen) atoms. The largest absolute Gasteiger partial charge is 0.493 e. The third kappa shape index (κ3) is 6.56. The van der Waals surface area contributed by atoms with Crippen LogP contribution < -0.4 is 29.0 Å². The zero-order valence-corrected chi connectivity index (χ0v) is 18.7. The molecule has 0 saturated heterocycles. The number of methoxy groups -OCH3 is 5. The van der Waals surface area contributed by atoms with E-state index >= 15 is 0 Å². The summed E-state index contributed by atoms with van der Waals surface area (Å²) in [5, 5.41) is 2.68. The van der Waals surface area contributed by atoms with Crippen molar-refractivity contribution in [3.05, 3.63) is 47.5 Å². The highest BCUT2D eigenvalue weighted by Gasteiger charge is 2.12. The predicted octanol–water partition coefficient (Wildman–Crippen LogP) is 2.60. The number of esters is 1. The first kappa shape index (κ1) is 24.4. The van der Waals surface area contributed by atoms with Crippen molar-refractivity contribution >= 4 is 18.0 Å². The highest BCUT2D eigenvalue weighted by atomic mass is 16.5. The number of carbonyl (C=O) groups is 2. The lowest BCUT2D eigenvalue weighted by molar-refractivity contribution is -0.143. The van der Waals surface area contributed by atoms with Crippen LogP contribution in [0.4, 0.5) is 0 Å². The van der Waals surface area contributed by atoms with Crippen LogP contribution in [0.25, 0.3) is 6.08 Å². The molecule has 0 heterocycles. The van der Waals surface area contributed by atoms with Crippen LogP contribution in [0.3, 0.4) is 0 Å². The fraction of sp³-hybridized carbons (Fsp3) is 0.304. The summed E-state index contributed by atoms with van der Waals surface area (Å²) >= 11 is 0. The molecular weight excluding hydrogens is 418 g/mol. The number of carbonyl (C=O) groups excluding carboxylic acids is 2. The van der Waals surface area contributed by atoms with E-state index in [1.54, 1.807) is 37.4 Å². The molecule has 0 unspecified atom stereocenters. The van der Waals surface area contributed by atoms with Gasteiger partial charge >= 0.3 is 5.97 Å². The number of hydrogen-bond acceptors (Lipinski definition) is 8. The van der Waals surface area contributed by atoms with Crippen LogP contribution in [0.2, 0.25) is 0 Å². The number of benzene rings is 2. The van der Waals surface area contributed by atoms with Crippen molar-refractivity contribution < 1.29 is 38.0 Å². The van der Waals surface area contributed by atoms with Gasteiger partial charge in [0.05, 0.1) is 35.5 Å². The highest BCUT2D eigenvalue weighted by Crippen LogP contribution is 2.38. The van der Waals surface area contributed by atoms with Crippen LogP contribution in [0.1, 0.15) is 11.1 Å². The Kier molecular flexibility index (Phi) is 9.22. The van der Waals surface area contributed by atoms with Gasteiger partial charge in [-0.2, -0.15) is 0 Å². The molecule has 0 saturated carbocycles. The number of hydrogen-bond donors (Lipinski definition) is 1. The fourth-order valence-corrected chi connectivity index (χ4v) is 2.79. The Bertz CT molecular complexity index is 945. The average molecular weight is 445 g/mol. The molecule has 9 heteroatoms. The van der Waals surface area contributed by atoms with Gasteiger partial charge in [-0.05, 0) is 41.5 Å². The van der Waals surface area contributed by atoms with E-state index in [2.05, 4.69) is 5.32 Å². The lowest BCUT2D eigenvalue weighted by atomic mass is 10.1. The maximum absolute atomic E-state index is 12.0. The van der Waals surface area contributed by atoms with Crippen LogP contribution in [-0.2, 0) is 20.9 Å². The van der Waals surface area contributed by atoms with Crippen molar-refractivity contribution in [3.63, 3.8) is 0 Å². The van der Waals surface area contributed by atoms with E-state index in [4.69, 9.17) is 28.4 Å². The van der Waals surface area contributed by atoms with Gasteiger partial charge in [0.15, 0.2) is 29.6 Å². The first-order valence-electron chi connectivity index (χ1n) is 9.58. The normalized spacial score (nSPS) is 10.4. The minimum Gasteiger partial charge on any atom is -0.493 e. The molecule has 0 aromatic heterocycles. The number of ether oxygens (including phenoxy) is 6. The van der Waals surface area contributed by atoms with Crippen molar-refractivity contribution in [1.82, 2.24) is 5.32 Å². The summed E-state index contributed by atoms with van der Waals surface area (Å²) in [6, 6.07) is 8.66. The average Bonchev–Trinajstić information content (AvgIpc) is 2.83. The molecule has 0 aliphatic rings. The van der Waals surface area contributed by atoms with Gasteiger partial charge in [0.1, 0.15) is 0 Å². The molecule has 2 rings (SSSR count). The van der Waals surface area contributed by atoms with E-state index in [0.717, 1.165) is 5.56 Å². The second kappa shape index (κ2) is 12.1. The second-order valence-corrected chi connectivity index (χ2v) is 6.37. The Hall–Kier alpha value is -3.88. The summed E-state index contributed by atoms with van der Waals surface area (Å²) in [7, 11) is 7.58. The third-order valence-corrected chi connectivity index (χ3v) is 4.38. The summed E-state index contributed by atoms with van der Waals surface area (Å²) in [5.41, 5.74) is 1.44. The maximum atomic E-state index is 12.0. The lowest BCUT2D eigenvalue weighted by Crippen LogP contribution is -2.28. The van der Waals surface area contributed by atoms with Crippen LogP contribution in [0.15, 0.2) is 36.4 Å². The van der Waals surface area contributed by atoms with Crippen molar-refractivity contribution in [2.75, 3.05) is 42.2 Å². The van der Waals surface area contributed by atoms with Crippen LogP contribution >= 0.6 is 0 Å². The predicted molar refractivity (Wildman–Crippen MR) is 117 cm³/mol. The van der Waals surface area contributed by atoms with Crippen LogP contribution in [-0.4, -0.2) is 54.0 Å². The van der Waals surface area contributed by atoms with Crippen molar-refractivity contribution in [3.8, 4) is 28.7 Å². The van der Waals surface area contributed by atoms with Gasteiger partial charge in [-0.3, -0.25) is 4.79 Å². The molecule has 9 nitrogen and oxygen atoms in total. The minimum atomic E-state index is -0.667. The van der Waals surface area contributed by atoms with E-state index in [1.807, 2.05) is 0 Å². The van der Waals surface area contributed by atoms with E-state index < -0.39 is 18.5 Å². The molecule has 0 fully saturated rings. The molecule has 0 aliphatic carbocycles. The van der Waals surface area contributed by atoms with E-state index in [-0.39, 0.29) is 6.54 Å². The highest BCUT2D eigenvalue weighted by molar-refractivity contribution is 5.89. The minimum absolute atomic E-state index is 0.248. The Balaban J connectivity index is 1.89. The Morgan fingerprint density at radius 3 is 2.00 bits per heavy atom. The zero-order chi connectivity index (χ0) is 23.5. The SMILES string of the molecule is COc1ccc(CNC(=O)COC(=O)C=Cc2cc(OC)c(OC)c(OC)c2)cc1OC. The van der Waals surface area contributed by atoms with Crippen molar-refractivity contribution in [1.29, 1.82) is 0 Å². The summed E-state index contributed by atoms with van der Waals surface area (Å²) in [6.07, 6.45) is 2.73. The van der Waals surface area contributed by atoms with Gasteiger partial charge in [0, 0.05) is 12.6 Å². The smallest absolute Gasteiger partial charge is 0.331 e. The first-order chi connectivity index (χ1) is 15.4. The van der Waals surface area contributed by atoms with Gasteiger partial charge in [-0.25, -0.2) is 4.79 Å². The van der Waals surface area contributed by atoms with E-state index in [9.17, 15) is 9.59 Å². The van der Waals surface area contributed by atoms with Gasteiger partial charge in [0.25, 0.3) is 5.91 Å². The summed E-state index contributed by atoms with van der Waals surface area (Å²) in [5.74, 6) is 1.40. The van der Waals surface area contributed by atoms with Gasteiger partial charge in [0.2, 0.25) is 5.75 Å². The molecule has 172 valence electrons. The Morgan fingerprint density at radius 2 is 1.44 bits per heavy atom. The second-order valence-electron chi connectivity index (χ2n) is 6.37. The molecule has 0 atom stereocenters. The molecule has 0 radical (unpaired) electrons. The number of nitrogens with one attached hydrogen (secondary N) is 1. The van der Waals surface area contributed by atoms with Crippen LogP contribution in [0.5, 0.6) is 28.7 Å². The summed E-state index contributed by atoms with van der Waals surface area (Å²) < 4.78 is 31.2. The fourth-order valence-electron chi connectivity index (χ4n) is 2.79. The third-order valence-electron chi connectivity index (χ3n) is 4.38. The molecule has 1 amide bonds. The molecule has 0 spiro atoms. The van der Waals surface area contributed by atoms with Crippen molar-refractivity contribution in [2.45, 2.75) is 6.54 Å². The van der Waals surface area contributed by atoms with E-state index in [1.165, 1.54) is 40.6 Å². The molecule has 2 aromatic rings. The summed E-state index contributed by atoms with van der Waals surface area (Å²) in [6.45, 7) is -0.163. The molecular formula is C23H27NO8. The lowest BCUT2D eigenvalue weighted by Gasteiger charge is -2.12. The first-order valence-corrected chi connectivity index (χ1v) is 9.58. The summed E-state index contributed by atoms with van der Waals surface area (Å²) in [4.78, 5) is 24.0. The Labute approximate surface area is 186 Å². The van der Waals surface area contributed by atoms with Gasteiger partial charge in [-0.1, -0.05) is 6.07 Å². The number of rotatable bonds is 11. The topological polar surface area (TPSA) is 102 Å². The molecule has 2 aromatic carbocycles. The van der Waals surface area contributed by atoms with Gasteiger partial charge in [-0.15, -0.1) is 0 Å². The standard InChI is InChI=1S/C23H27NO8/c1-27-17-8-6-16(12-18(17)28-2)13-24-21(25)14-32-22(26)9-7-15-10-19(29-3)23(31-5)20(11-15)30-4/h6-12H,13-14H2,1-5H3,(H,24,25). The molecule has 0 aliphatic heterocycles. The molecule has 0 bridgehead atoms. The quantitative estimate of drug-likeness (QED) is 0.416. The molecule has 1 N–H and O–H groups in total. The van der Waals surface area contributed by atoms with E-state index in [0.29, 0.717) is 34.3 Å². The monoisotopic (exact) mass is 445 g/mol.